The number of nitrogens with zero attached hydrogens (tertiary/aromatic N) is 2. The molecular formula is C18H18N2O2. The normalized spacial score (nSPS) is 23.0. The molecule has 0 spiro atoms. The van der Waals surface area contributed by atoms with Crippen molar-refractivity contribution in [1.82, 2.24) is 9.47 Å². The molecule has 0 aliphatic carbocycles. The SMILES string of the molecule is O=C(c1ccccc1)N1CC2CC(C1)c1cccc(=O)n1C2. The Balaban J connectivity index is 1.64. The molecule has 1 saturated heterocycles. The molecule has 2 aromatic rings. The van der Waals surface area contributed by atoms with Crippen LogP contribution < -0.4 is 5.56 Å². The summed E-state index contributed by atoms with van der Waals surface area (Å²) >= 11 is 0. The molecule has 0 radical (unpaired) electrons. The second-order valence-corrected chi connectivity index (χ2v) is 6.27. The van der Waals surface area contributed by atoms with Crippen LogP contribution in [0, 0.1) is 5.92 Å². The van der Waals surface area contributed by atoms with Crippen LogP contribution in [-0.2, 0) is 6.54 Å². The van der Waals surface area contributed by atoms with Gasteiger partial charge in [0.15, 0.2) is 0 Å². The molecule has 3 heterocycles. The molecule has 1 amide bonds. The van der Waals surface area contributed by atoms with Gasteiger partial charge < -0.3 is 9.47 Å². The van der Waals surface area contributed by atoms with Crippen molar-refractivity contribution >= 4 is 5.91 Å². The number of piperidine rings is 1. The van der Waals surface area contributed by atoms with Crippen LogP contribution in [0.15, 0.2) is 53.3 Å². The summed E-state index contributed by atoms with van der Waals surface area (Å²) in [6.45, 7) is 2.17. The number of fused-ring (bicyclic) bond motifs is 4. The fourth-order valence-electron chi connectivity index (χ4n) is 3.83. The molecule has 1 aromatic heterocycles. The largest absolute Gasteiger partial charge is 0.338 e. The van der Waals surface area contributed by atoms with Crippen LogP contribution in [0.1, 0.15) is 28.4 Å². The van der Waals surface area contributed by atoms with Crippen LogP contribution >= 0.6 is 0 Å². The minimum absolute atomic E-state index is 0.0787. The summed E-state index contributed by atoms with van der Waals surface area (Å²) in [5, 5.41) is 0. The Kier molecular flexibility index (Phi) is 3.10. The molecule has 0 saturated carbocycles. The Morgan fingerprint density at radius 1 is 0.955 bits per heavy atom. The van der Waals surface area contributed by atoms with Crippen LogP contribution in [-0.4, -0.2) is 28.5 Å². The van der Waals surface area contributed by atoms with E-state index in [2.05, 4.69) is 0 Å². The Morgan fingerprint density at radius 3 is 2.59 bits per heavy atom. The van der Waals surface area contributed by atoms with Gasteiger partial charge in [0.25, 0.3) is 11.5 Å². The second kappa shape index (κ2) is 5.13. The molecular weight excluding hydrogens is 276 g/mol. The van der Waals surface area contributed by atoms with E-state index in [1.165, 1.54) is 0 Å². The van der Waals surface area contributed by atoms with Crippen molar-refractivity contribution in [1.29, 1.82) is 0 Å². The first-order chi connectivity index (χ1) is 10.7. The standard InChI is InChI=1S/C18H18N2O2/c21-17-8-4-7-16-15-9-13(11-20(16)17)10-19(12-15)18(22)14-5-2-1-3-6-14/h1-8,13,15H,9-12H2. The van der Waals surface area contributed by atoms with E-state index < -0.39 is 0 Å². The number of amides is 1. The highest BCUT2D eigenvalue weighted by atomic mass is 16.2. The Morgan fingerprint density at radius 2 is 1.77 bits per heavy atom. The van der Waals surface area contributed by atoms with Gasteiger partial charge in [-0.05, 0) is 30.5 Å². The van der Waals surface area contributed by atoms with E-state index in [4.69, 9.17) is 0 Å². The van der Waals surface area contributed by atoms with E-state index in [9.17, 15) is 9.59 Å². The Bertz CT molecular complexity index is 766. The summed E-state index contributed by atoms with van der Waals surface area (Å²) in [5.74, 6) is 0.745. The molecule has 0 N–H and O–H groups in total. The van der Waals surface area contributed by atoms with Crippen molar-refractivity contribution in [2.24, 2.45) is 5.92 Å². The monoisotopic (exact) mass is 294 g/mol. The van der Waals surface area contributed by atoms with Crippen LogP contribution in [0.25, 0.3) is 0 Å². The minimum atomic E-state index is 0.0787. The summed E-state index contributed by atoms with van der Waals surface area (Å²) in [6, 6.07) is 14.9. The molecule has 4 rings (SSSR count). The first kappa shape index (κ1) is 13.3. The van der Waals surface area contributed by atoms with E-state index in [-0.39, 0.29) is 17.4 Å². The molecule has 1 fully saturated rings. The zero-order valence-electron chi connectivity index (χ0n) is 12.3. The van der Waals surface area contributed by atoms with Crippen LogP contribution in [0.4, 0.5) is 0 Å². The fraction of sp³-hybridized carbons (Fsp3) is 0.333. The van der Waals surface area contributed by atoms with Gasteiger partial charge in [-0.3, -0.25) is 9.59 Å². The number of hydrogen-bond acceptors (Lipinski definition) is 2. The first-order valence-corrected chi connectivity index (χ1v) is 7.76. The van der Waals surface area contributed by atoms with Crippen molar-refractivity contribution in [2.75, 3.05) is 13.1 Å². The third kappa shape index (κ3) is 2.15. The van der Waals surface area contributed by atoms with Gasteiger partial charge in [0.2, 0.25) is 0 Å². The van der Waals surface area contributed by atoms with Crippen molar-refractivity contribution in [2.45, 2.75) is 18.9 Å². The van der Waals surface area contributed by atoms with Gasteiger partial charge in [-0.15, -0.1) is 0 Å². The summed E-state index contributed by atoms with van der Waals surface area (Å²) in [7, 11) is 0. The van der Waals surface area contributed by atoms with Gasteiger partial charge >= 0.3 is 0 Å². The smallest absolute Gasteiger partial charge is 0.253 e. The van der Waals surface area contributed by atoms with Crippen molar-refractivity contribution in [3.05, 3.63) is 70.1 Å². The van der Waals surface area contributed by atoms with Gasteiger partial charge in [0, 0.05) is 42.9 Å². The van der Waals surface area contributed by atoms with Gasteiger partial charge in [-0.2, -0.15) is 0 Å². The third-order valence-corrected chi connectivity index (χ3v) is 4.79. The third-order valence-electron chi connectivity index (χ3n) is 4.79. The fourth-order valence-corrected chi connectivity index (χ4v) is 3.83. The molecule has 4 heteroatoms. The summed E-state index contributed by atoms with van der Waals surface area (Å²) in [4.78, 5) is 26.6. The van der Waals surface area contributed by atoms with E-state index >= 15 is 0 Å². The zero-order valence-corrected chi connectivity index (χ0v) is 12.3. The van der Waals surface area contributed by atoms with Crippen LogP contribution in [0.2, 0.25) is 0 Å². The quantitative estimate of drug-likeness (QED) is 0.808. The van der Waals surface area contributed by atoms with Gasteiger partial charge in [0.1, 0.15) is 0 Å². The molecule has 2 aliphatic heterocycles. The Hall–Kier alpha value is -2.36. The van der Waals surface area contributed by atoms with E-state index in [0.717, 1.165) is 30.8 Å². The predicted molar refractivity (Wildman–Crippen MR) is 83.9 cm³/mol. The molecule has 2 unspecified atom stereocenters. The number of benzene rings is 1. The molecule has 22 heavy (non-hydrogen) atoms. The predicted octanol–water partition coefficient (Wildman–Crippen LogP) is 2.11. The number of likely N-dealkylation sites (tertiary alicyclic amines) is 1. The number of aromatic nitrogens is 1. The van der Waals surface area contributed by atoms with Crippen molar-refractivity contribution in [3.8, 4) is 0 Å². The maximum Gasteiger partial charge on any atom is 0.253 e. The molecule has 2 aliphatic rings. The van der Waals surface area contributed by atoms with Crippen molar-refractivity contribution in [3.63, 3.8) is 0 Å². The van der Waals surface area contributed by atoms with Crippen molar-refractivity contribution < 1.29 is 4.79 Å². The number of pyridine rings is 1. The number of carbonyl (C=O) groups is 1. The number of hydrogen-bond donors (Lipinski definition) is 0. The summed E-state index contributed by atoms with van der Waals surface area (Å²) in [5.41, 5.74) is 1.90. The van der Waals surface area contributed by atoms with E-state index in [1.54, 1.807) is 6.07 Å². The van der Waals surface area contributed by atoms with Gasteiger partial charge in [-0.1, -0.05) is 24.3 Å². The summed E-state index contributed by atoms with van der Waals surface area (Å²) < 4.78 is 1.89. The van der Waals surface area contributed by atoms with Gasteiger partial charge in [-0.25, -0.2) is 0 Å². The highest BCUT2D eigenvalue weighted by Crippen LogP contribution is 2.35. The maximum atomic E-state index is 12.7. The number of carbonyl (C=O) groups excluding carboxylic acids is 1. The minimum Gasteiger partial charge on any atom is -0.338 e. The zero-order chi connectivity index (χ0) is 15.1. The first-order valence-electron chi connectivity index (χ1n) is 7.76. The lowest BCUT2D eigenvalue weighted by molar-refractivity contribution is 0.0594. The highest BCUT2D eigenvalue weighted by Gasteiger charge is 2.36. The maximum absolute atomic E-state index is 12.7. The average Bonchev–Trinajstić information content (AvgIpc) is 2.56. The lowest BCUT2D eigenvalue weighted by atomic mass is 9.83. The molecule has 1 aromatic carbocycles. The second-order valence-electron chi connectivity index (χ2n) is 6.27. The lowest BCUT2D eigenvalue weighted by Crippen LogP contribution is -2.49. The average molecular weight is 294 g/mol. The van der Waals surface area contributed by atoms with E-state index in [1.807, 2.05) is 51.9 Å². The Labute approximate surface area is 129 Å². The van der Waals surface area contributed by atoms with E-state index in [0.29, 0.717) is 12.5 Å². The molecule has 4 nitrogen and oxygen atoms in total. The lowest BCUT2D eigenvalue weighted by Gasteiger charge is -2.42. The summed E-state index contributed by atoms with van der Waals surface area (Å²) in [6.07, 6.45) is 1.07. The molecule has 2 bridgehead atoms. The molecule has 112 valence electrons. The van der Waals surface area contributed by atoms with Crippen LogP contribution in [0.5, 0.6) is 0 Å². The highest BCUT2D eigenvalue weighted by molar-refractivity contribution is 5.94. The van der Waals surface area contributed by atoms with Crippen LogP contribution in [0.3, 0.4) is 0 Å². The van der Waals surface area contributed by atoms with Gasteiger partial charge in [0.05, 0.1) is 0 Å². The molecule has 2 atom stereocenters. The topological polar surface area (TPSA) is 42.3 Å². The number of rotatable bonds is 1.